The fraction of sp³-hybridized carbons (Fsp3) is 0.385. The molecular formula is C13H16N4O3. The maximum Gasteiger partial charge on any atom is 0.329 e. The molecule has 0 radical (unpaired) electrons. The number of hydrogen-bond acceptors (Lipinski definition) is 4. The lowest BCUT2D eigenvalue weighted by molar-refractivity contribution is -0.144. The zero-order valence-electron chi connectivity index (χ0n) is 11.3. The van der Waals surface area contributed by atoms with E-state index in [4.69, 9.17) is 0 Å². The van der Waals surface area contributed by atoms with Crippen LogP contribution in [0.3, 0.4) is 0 Å². The molecule has 2 N–H and O–H groups in total. The van der Waals surface area contributed by atoms with E-state index in [1.165, 1.54) is 13.3 Å². The van der Waals surface area contributed by atoms with Gasteiger partial charge in [-0.1, -0.05) is 13.3 Å². The third-order valence-electron chi connectivity index (χ3n) is 3.16. The van der Waals surface area contributed by atoms with Crippen LogP contribution in [0.15, 0.2) is 24.7 Å². The van der Waals surface area contributed by atoms with Gasteiger partial charge in [0.15, 0.2) is 5.65 Å². The van der Waals surface area contributed by atoms with Crippen molar-refractivity contribution in [3.8, 4) is 0 Å². The van der Waals surface area contributed by atoms with Crippen LogP contribution in [0.5, 0.6) is 0 Å². The van der Waals surface area contributed by atoms with Crippen LogP contribution in [-0.2, 0) is 4.79 Å². The molecule has 2 heterocycles. The predicted molar refractivity (Wildman–Crippen MR) is 71.4 cm³/mol. The molecule has 0 aliphatic heterocycles. The number of nitrogens with one attached hydrogen (secondary N) is 1. The van der Waals surface area contributed by atoms with Crippen LogP contribution in [-0.4, -0.2) is 37.1 Å². The molecule has 0 aromatic carbocycles. The van der Waals surface area contributed by atoms with Crippen LogP contribution in [0, 0.1) is 0 Å². The Labute approximate surface area is 115 Å². The second-order valence-corrected chi connectivity index (χ2v) is 4.86. The van der Waals surface area contributed by atoms with Crippen LogP contribution in [0.4, 0.5) is 0 Å². The third kappa shape index (κ3) is 2.61. The highest BCUT2D eigenvalue weighted by Crippen LogP contribution is 2.14. The molecule has 0 saturated heterocycles. The van der Waals surface area contributed by atoms with E-state index in [1.54, 1.807) is 22.7 Å². The van der Waals surface area contributed by atoms with Crippen molar-refractivity contribution in [3.63, 3.8) is 0 Å². The van der Waals surface area contributed by atoms with E-state index >= 15 is 0 Å². The summed E-state index contributed by atoms with van der Waals surface area (Å²) >= 11 is 0. The summed E-state index contributed by atoms with van der Waals surface area (Å²) < 4.78 is 1.60. The summed E-state index contributed by atoms with van der Waals surface area (Å²) in [5.74, 6) is -1.47. The Morgan fingerprint density at radius 1 is 1.45 bits per heavy atom. The minimum atomic E-state index is -1.27. The lowest BCUT2D eigenvalue weighted by Crippen LogP contribution is -2.52. The molecule has 7 heteroatoms. The highest BCUT2D eigenvalue weighted by molar-refractivity contribution is 5.97. The van der Waals surface area contributed by atoms with Gasteiger partial charge < -0.3 is 10.4 Å². The molecule has 2 rings (SSSR count). The van der Waals surface area contributed by atoms with Gasteiger partial charge in [-0.05, 0) is 25.5 Å². The van der Waals surface area contributed by atoms with E-state index in [0.717, 1.165) is 0 Å². The molecule has 1 amide bonds. The van der Waals surface area contributed by atoms with Crippen LogP contribution in [0.25, 0.3) is 5.65 Å². The number of aliphatic carboxylic acids is 1. The van der Waals surface area contributed by atoms with Crippen molar-refractivity contribution in [1.82, 2.24) is 19.9 Å². The van der Waals surface area contributed by atoms with Crippen LogP contribution < -0.4 is 5.32 Å². The van der Waals surface area contributed by atoms with Gasteiger partial charge >= 0.3 is 5.97 Å². The largest absolute Gasteiger partial charge is 0.480 e. The number of carboxylic acids is 1. The number of rotatable bonds is 5. The zero-order chi connectivity index (χ0) is 14.8. The van der Waals surface area contributed by atoms with Crippen LogP contribution in [0.2, 0.25) is 0 Å². The minimum Gasteiger partial charge on any atom is -0.480 e. The Balaban J connectivity index is 2.23. The van der Waals surface area contributed by atoms with Crippen molar-refractivity contribution >= 4 is 17.5 Å². The fourth-order valence-electron chi connectivity index (χ4n) is 2.01. The van der Waals surface area contributed by atoms with Gasteiger partial charge in [0.1, 0.15) is 11.9 Å². The smallest absolute Gasteiger partial charge is 0.329 e. The molecule has 20 heavy (non-hydrogen) atoms. The molecule has 0 aliphatic carbocycles. The van der Waals surface area contributed by atoms with Gasteiger partial charge in [0.05, 0.1) is 5.56 Å². The second-order valence-electron chi connectivity index (χ2n) is 4.86. The SMILES string of the molecule is CCCC(C)(NC(=O)c1ccc2nncn2c1)C(=O)O. The Morgan fingerprint density at radius 2 is 2.20 bits per heavy atom. The fourth-order valence-corrected chi connectivity index (χ4v) is 2.01. The predicted octanol–water partition coefficient (Wildman–Crippen LogP) is 1.10. The molecule has 2 aromatic rings. The zero-order valence-corrected chi connectivity index (χ0v) is 11.3. The molecule has 2 aromatic heterocycles. The lowest BCUT2D eigenvalue weighted by Gasteiger charge is -2.25. The number of pyridine rings is 1. The van der Waals surface area contributed by atoms with Gasteiger partial charge in [0, 0.05) is 6.20 Å². The number of aromatic nitrogens is 3. The average Bonchev–Trinajstić information content (AvgIpc) is 2.85. The summed E-state index contributed by atoms with van der Waals surface area (Å²) in [7, 11) is 0. The maximum absolute atomic E-state index is 12.2. The molecule has 7 nitrogen and oxygen atoms in total. The van der Waals surface area contributed by atoms with E-state index in [-0.39, 0.29) is 0 Å². The molecule has 1 unspecified atom stereocenters. The third-order valence-corrected chi connectivity index (χ3v) is 3.16. The average molecular weight is 276 g/mol. The molecule has 0 aliphatic rings. The highest BCUT2D eigenvalue weighted by atomic mass is 16.4. The van der Waals surface area contributed by atoms with Gasteiger partial charge in [0.25, 0.3) is 5.91 Å². The van der Waals surface area contributed by atoms with E-state index in [9.17, 15) is 14.7 Å². The van der Waals surface area contributed by atoms with Gasteiger partial charge in [-0.15, -0.1) is 10.2 Å². The number of carbonyl (C=O) groups excluding carboxylic acids is 1. The van der Waals surface area contributed by atoms with Crippen LogP contribution in [0.1, 0.15) is 37.0 Å². The summed E-state index contributed by atoms with van der Waals surface area (Å²) in [5, 5.41) is 19.4. The number of hydrogen-bond donors (Lipinski definition) is 2. The van der Waals surface area contributed by atoms with E-state index in [2.05, 4.69) is 15.5 Å². The van der Waals surface area contributed by atoms with Crippen molar-refractivity contribution in [2.24, 2.45) is 0 Å². The first-order valence-electron chi connectivity index (χ1n) is 6.31. The quantitative estimate of drug-likeness (QED) is 0.852. The number of carboxylic acid groups (broad SMARTS) is 1. The summed E-state index contributed by atoms with van der Waals surface area (Å²) in [6.45, 7) is 3.38. The number of amides is 1. The Kier molecular flexibility index (Phi) is 3.69. The first-order chi connectivity index (χ1) is 9.46. The number of carbonyl (C=O) groups is 2. The van der Waals surface area contributed by atoms with Gasteiger partial charge in [0.2, 0.25) is 0 Å². The second kappa shape index (κ2) is 5.28. The highest BCUT2D eigenvalue weighted by Gasteiger charge is 2.34. The summed E-state index contributed by atoms with van der Waals surface area (Å²) in [5.41, 5.74) is -0.287. The standard InChI is InChI=1S/C13H16N4O3/c1-3-6-13(2,12(19)20)15-11(18)9-4-5-10-16-14-8-17(10)7-9/h4-5,7-8H,3,6H2,1-2H3,(H,15,18)(H,19,20). The molecule has 1 atom stereocenters. The Hall–Kier alpha value is -2.44. The summed E-state index contributed by atoms with van der Waals surface area (Å²) in [6, 6.07) is 3.24. The monoisotopic (exact) mass is 276 g/mol. The van der Waals surface area contributed by atoms with E-state index < -0.39 is 17.4 Å². The maximum atomic E-state index is 12.2. The summed E-state index contributed by atoms with van der Waals surface area (Å²) in [6.07, 6.45) is 4.07. The first kappa shape index (κ1) is 14.0. The van der Waals surface area contributed by atoms with E-state index in [0.29, 0.717) is 24.1 Å². The molecule has 0 saturated carbocycles. The summed E-state index contributed by atoms with van der Waals surface area (Å²) in [4.78, 5) is 23.5. The van der Waals surface area contributed by atoms with Gasteiger partial charge in [-0.3, -0.25) is 9.20 Å². The first-order valence-corrected chi connectivity index (χ1v) is 6.31. The van der Waals surface area contributed by atoms with Crippen molar-refractivity contribution in [2.75, 3.05) is 0 Å². The normalized spacial score (nSPS) is 13.9. The Morgan fingerprint density at radius 3 is 2.85 bits per heavy atom. The number of fused-ring (bicyclic) bond motifs is 1. The van der Waals surface area contributed by atoms with Crippen molar-refractivity contribution < 1.29 is 14.7 Å². The molecule has 106 valence electrons. The van der Waals surface area contributed by atoms with Crippen LogP contribution >= 0.6 is 0 Å². The molecule has 0 bridgehead atoms. The minimum absolute atomic E-state index is 0.362. The Bertz CT molecular complexity index is 652. The van der Waals surface area contributed by atoms with Gasteiger partial charge in [-0.2, -0.15) is 0 Å². The molecule has 0 spiro atoms. The van der Waals surface area contributed by atoms with Crippen molar-refractivity contribution in [3.05, 3.63) is 30.2 Å². The van der Waals surface area contributed by atoms with E-state index in [1.807, 2.05) is 6.92 Å². The van der Waals surface area contributed by atoms with Crippen molar-refractivity contribution in [1.29, 1.82) is 0 Å². The molecule has 0 fully saturated rings. The number of nitrogens with zero attached hydrogens (tertiary/aromatic N) is 3. The van der Waals surface area contributed by atoms with Crippen molar-refractivity contribution in [2.45, 2.75) is 32.2 Å². The molecular weight excluding hydrogens is 260 g/mol. The lowest BCUT2D eigenvalue weighted by atomic mass is 9.96. The van der Waals surface area contributed by atoms with Gasteiger partial charge in [-0.25, -0.2) is 4.79 Å². The topological polar surface area (TPSA) is 96.6 Å².